The van der Waals surface area contributed by atoms with Crippen LogP contribution < -0.4 is 0 Å². The summed E-state index contributed by atoms with van der Waals surface area (Å²) >= 11 is 0. The molecule has 1 saturated carbocycles. The van der Waals surface area contributed by atoms with Crippen molar-refractivity contribution in [3.63, 3.8) is 0 Å². The minimum absolute atomic E-state index is 0.0645. The van der Waals surface area contributed by atoms with Crippen LogP contribution in [0.25, 0.3) is 0 Å². The molecule has 0 radical (unpaired) electrons. The first-order valence-corrected chi connectivity index (χ1v) is 3.70. The van der Waals surface area contributed by atoms with Crippen molar-refractivity contribution in [3.05, 3.63) is 23.3 Å². The Morgan fingerprint density at radius 2 is 1.67 bits per heavy atom. The topological polar surface area (TPSA) is 51.2 Å². The molecule has 0 bridgehead atoms. The molecule has 3 heteroatoms. The Bertz CT molecular complexity index is 358. The molecule has 0 N–H and O–H groups in total. The molecule has 0 spiro atoms. The fourth-order valence-electron chi connectivity index (χ4n) is 1.44. The number of Topliss-reactive ketones (excluding diaryl/α,β-unsaturated/α-hetero) is 2. The molecule has 0 aromatic rings. The molecule has 0 unspecified atom stereocenters. The van der Waals surface area contributed by atoms with E-state index in [0.29, 0.717) is 11.1 Å². The maximum atomic E-state index is 11.1. The number of ketones is 3. The number of carbonyl (C=O) groups excluding carboxylic acids is 3. The van der Waals surface area contributed by atoms with E-state index in [-0.39, 0.29) is 30.2 Å². The second kappa shape index (κ2) is 2.24. The molecule has 0 heterocycles. The van der Waals surface area contributed by atoms with Crippen molar-refractivity contribution in [1.29, 1.82) is 0 Å². The molecule has 0 aromatic carbocycles. The van der Waals surface area contributed by atoms with Gasteiger partial charge in [-0.3, -0.25) is 14.4 Å². The molecule has 0 aromatic heterocycles. The zero-order valence-corrected chi connectivity index (χ0v) is 6.29. The molecule has 0 aliphatic heterocycles. The van der Waals surface area contributed by atoms with Crippen LogP contribution in [0.5, 0.6) is 0 Å². The minimum atomic E-state index is -0.223. The monoisotopic (exact) mass is 162 g/mol. The highest BCUT2D eigenvalue weighted by Gasteiger charge is 2.32. The summed E-state index contributed by atoms with van der Waals surface area (Å²) in [4.78, 5) is 33.0. The van der Waals surface area contributed by atoms with Crippen molar-refractivity contribution in [1.82, 2.24) is 0 Å². The van der Waals surface area contributed by atoms with Gasteiger partial charge in [0.05, 0.1) is 6.42 Å². The summed E-state index contributed by atoms with van der Waals surface area (Å²) in [5, 5.41) is 0. The van der Waals surface area contributed by atoms with Gasteiger partial charge in [-0.25, -0.2) is 0 Å². The summed E-state index contributed by atoms with van der Waals surface area (Å²) in [6.45, 7) is 0. The van der Waals surface area contributed by atoms with Crippen molar-refractivity contribution in [3.8, 4) is 0 Å². The van der Waals surface area contributed by atoms with Gasteiger partial charge in [0, 0.05) is 17.6 Å². The average molecular weight is 162 g/mol. The second-order valence-corrected chi connectivity index (χ2v) is 2.87. The second-order valence-electron chi connectivity index (χ2n) is 2.87. The Hall–Kier alpha value is -1.51. The fraction of sp³-hybridized carbons (Fsp3) is 0.222. The van der Waals surface area contributed by atoms with Gasteiger partial charge < -0.3 is 0 Å². The Morgan fingerprint density at radius 3 is 2.42 bits per heavy atom. The molecule has 2 rings (SSSR count). The first kappa shape index (κ1) is 7.16. The van der Waals surface area contributed by atoms with E-state index < -0.39 is 0 Å². The van der Waals surface area contributed by atoms with Gasteiger partial charge in [0.1, 0.15) is 0 Å². The van der Waals surface area contributed by atoms with Gasteiger partial charge in [-0.15, -0.1) is 0 Å². The first-order chi connectivity index (χ1) is 5.68. The Labute approximate surface area is 68.8 Å². The number of allylic oxidation sites excluding steroid dienone is 4. The van der Waals surface area contributed by atoms with E-state index in [2.05, 4.69) is 0 Å². The zero-order chi connectivity index (χ0) is 8.72. The van der Waals surface area contributed by atoms with E-state index in [1.807, 2.05) is 0 Å². The molecule has 12 heavy (non-hydrogen) atoms. The van der Waals surface area contributed by atoms with E-state index in [0.717, 1.165) is 0 Å². The summed E-state index contributed by atoms with van der Waals surface area (Å²) in [6.07, 6.45) is 3.01. The average Bonchev–Trinajstić information content (AvgIpc) is 2.28. The Morgan fingerprint density at radius 1 is 1.00 bits per heavy atom. The van der Waals surface area contributed by atoms with Crippen LogP contribution in [0.4, 0.5) is 0 Å². The highest BCUT2D eigenvalue weighted by atomic mass is 16.2. The maximum Gasteiger partial charge on any atom is 0.171 e. The van der Waals surface area contributed by atoms with Gasteiger partial charge in [0.2, 0.25) is 0 Å². The summed E-state index contributed by atoms with van der Waals surface area (Å²) in [6, 6.07) is 0. The van der Waals surface area contributed by atoms with E-state index in [9.17, 15) is 14.4 Å². The highest BCUT2D eigenvalue weighted by molar-refractivity contribution is 6.29. The Balaban J connectivity index is 2.53. The lowest BCUT2D eigenvalue weighted by molar-refractivity contribution is -0.120. The molecule has 60 valence electrons. The predicted molar refractivity (Wildman–Crippen MR) is 40.4 cm³/mol. The fourth-order valence-corrected chi connectivity index (χ4v) is 1.44. The van der Waals surface area contributed by atoms with Gasteiger partial charge in [-0.05, 0) is 6.08 Å². The van der Waals surface area contributed by atoms with Crippen LogP contribution in [-0.2, 0) is 14.4 Å². The third-order valence-corrected chi connectivity index (χ3v) is 2.02. The van der Waals surface area contributed by atoms with Crippen LogP contribution in [0.2, 0.25) is 0 Å². The van der Waals surface area contributed by atoms with Crippen LogP contribution >= 0.6 is 0 Å². The number of rotatable bonds is 0. The number of carbonyl (C=O) groups is 3. The SMILES string of the molecule is O=C1C=C2C(=O)CC(=O)C2=CC1. The molecule has 2 aliphatic carbocycles. The van der Waals surface area contributed by atoms with Gasteiger partial charge in [0.25, 0.3) is 0 Å². The molecule has 1 fully saturated rings. The van der Waals surface area contributed by atoms with Crippen molar-refractivity contribution in [2.24, 2.45) is 0 Å². The summed E-state index contributed by atoms with van der Waals surface area (Å²) < 4.78 is 0. The van der Waals surface area contributed by atoms with E-state index in [1.165, 1.54) is 6.08 Å². The summed E-state index contributed by atoms with van der Waals surface area (Å²) in [5.41, 5.74) is 0.760. The van der Waals surface area contributed by atoms with E-state index >= 15 is 0 Å². The van der Waals surface area contributed by atoms with Gasteiger partial charge in [-0.2, -0.15) is 0 Å². The van der Waals surface area contributed by atoms with Crippen LogP contribution in [-0.4, -0.2) is 17.3 Å². The number of fused-ring (bicyclic) bond motifs is 1. The molecule has 0 saturated heterocycles. The lowest BCUT2D eigenvalue weighted by Gasteiger charge is -2.02. The van der Waals surface area contributed by atoms with Gasteiger partial charge >= 0.3 is 0 Å². The lowest BCUT2D eigenvalue weighted by atomic mass is 9.99. The predicted octanol–water partition coefficient (Wildman–Crippen LogP) is 0.354. The van der Waals surface area contributed by atoms with E-state index in [4.69, 9.17) is 0 Å². The lowest BCUT2D eigenvalue weighted by Crippen LogP contribution is -2.04. The molecule has 3 nitrogen and oxygen atoms in total. The third kappa shape index (κ3) is 0.863. The molecular weight excluding hydrogens is 156 g/mol. The standard InChI is InChI=1S/C9H6O3/c10-5-1-2-6-7(3-5)9(12)4-8(6)11/h2-3H,1,4H2. The highest BCUT2D eigenvalue weighted by Crippen LogP contribution is 2.27. The number of hydrogen-bond acceptors (Lipinski definition) is 3. The maximum absolute atomic E-state index is 11.1. The van der Waals surface area contributed by atoms with Gasteiger partial charge in [-0.1, -0.05) is 6.08 Å². The van der Waals surface area contributed by atoms with Gasteiger partial charge in [0.15, 0.2) is 17.3 Å². The van der Waals surface area contributed by atoms with Crippen LogP contribution in [0.1, 0.15) is 12.8 Å². The molecular formula is C9H6O3. The number of hydrogen-bond donors (Lipinski definition) is 0. The third-order valence-electron chi connectivity index (χ3n) is 2.02. The minimum Gasteiger partial charge on any atom is -0.294 e. The molecule has 2 aliphatic rings. The van der Waals surface area contributed by atoms with E-state index in [1.54, 1.807) is 6.08 Å². The first-order valence-electron chi connectivity index (χ1n) is 3.70. The zero-order valence-electron chi connectivity index (χ0n) is 6.29. The molecule has 0 atom stereocenters. The quantitative estimate of drug-likeness (QED) is 0.483. The largest absolute Gasteiger partial charge is 0.294 e. The smallest absolute Gasteiger partial charge is 0.171 e. The van der Waals surface area contributed by atoms with Crippen molar-refractivity contribution < 1.29 is 14.4 Å². The van der Waals surface area contributed by atoms with Crippen molar-refractivity contribution in [2.45, 2.75) is 12.8 Å². The van der Waals surface area contributed by atoms with Crippen LogP contribution in [0.15, 0.2) is 23.3 Å². The summed E-state index contributed by atoms with van der Waals surface area (Å²) in [5.74, 6) is -0.477. The van der Waals surface area contributed by atoms with Crippen LogP contribution in [0, 0.1) is 0 Å². The Kier molecular flexibility index (Phi) is 1.33. The van der Waals surface area contributed by atoms with Crippen molar-refractivity contribution >= 4 is 17.3 Å². The van der Waals surface area contributed by atoms with Crippen LogP contribution in [0.3, 0.4) is 0 Å². The normalized spacial score (nSPS) is 22.2. The molecule has 0 amide bonds. The summed E-state index contributed by atoms with van der Waals surface area (Å²) in [7, 11) is 0. The van der Waals surface area contributed by atoms with Crippen molar-refractivity contribution in [2.75, 3.05) is 0 Å².